The summed E-state index contributed by atoms with van der Waals surface area (Å²) in [5.74, 6) is -1.84. The van der Waals surface area contributed by atoms with E-state index >= 15 is 0 Å². The summed E-state index contributed by atoms with van der Waals surface area (Å²) < 4.78 is 42.1. The van der Waals surface area contributed by atoms with Gasteiger partial charge in [0.2, 0.25) is 0 Å². The Balaban J connectivity index is 2.43. The maximum Gasteiger partial charge on any atom is 0.338 e. The van der Waals surface area contributed by atoms with Crippen molar-refractivity contribution in [2.24, 2.45) is 0 Å². The van der Waals surface area contributed by atoms with Crippen LogP contribution >= 0.6 is 0 Å². The first-order chi connectivity index (χ1) is 22.8. The third-order valence-electron chi connectivity index (χ3n) is 5.32. The van der Waals surface area contributed by atoms with Crippen molar-refractivity contribution < 1.29 is 57.1 Å². The van der Waals surface area contributed by atoms with Crippen LogP contribution in [0.4, 0.5) is 0 Å². The van der Waals surface area contributed by atoms with Gasteiger partial charge < -0.3 is 37.9 Å². The van der Waals surface area contributed by atoms with Crippen molar-refractivity contribution in [3.63, 3.8) is 0 Å². The summed E-state index contributed by atoms with van der Waals surface area (Å²) in [7, 11) is 0. The van der Waals surface area contributed by atoms with Gasteiger partial charge in [-0.25, -0.2) is 19.2 Å². The van der Waals surface area contributed by atoms with E-state index in [1.54, 1.807) is 36.4 Å². The summed E-state index contributed by atoms with van der Waals surface area (Å²) >= 11 is 0. The van der Waals surface area contributed by atoms with E-state index in [-0.39, 0.29) is 45.3 Å². The highest BCUT2D eigenvalue weighted by atomic mass is 16.6. The highest BCUT2D eigenvalue weighted by molar-refractivity contribution is 5.88. The monoisotopic (exact) mass is 658 g/mol. The SMILES string of the molecule is C=C(C)C(=O)OC=COc1ccc(-c2ccc(OC=COC(=O)C(=C)C)c(OC=COC(=O)C(=C)C)c2)cc1OC=COC(=O)C(=C)C. The number of ether oxygens (including phenoxy) is 8. The Hall–Kier alpha value is -6.56. The molecule has 0 spiro atoms. The minimum Gasteiger partial charge on any atom is -0.458 e. The summed E-state index contributed by atoms with van der Waals surface area (Å²) in [5.41, 5.74) is 1.99. The number of carbonyl (C=O) groups excluding carboxylic acids is 4. The van der Waals surface area contributed by atoms with E-state index in [0.29, 0.717) is 11.1 Å². The van der Waals surface area contributed by atoms with Gasteiger partial charge in [-0.15, -0.1) is 0 Å². The Labute approximate surface area is 277 Å². The average molecular weight is 659 g/mol. The fraction of sp³-hybridized carbons (Fsp3) is 0.111. The zero-order valence-corrected chi connectivity index (χ0v) is 26.8. The maximum absolute atomic E-state index is 11.7. The van der Waals surface area contributed by atoms with Crippen LogP contribution in [-0.4, -0.2) is 23.9 Å². The summed E-state index contributed by atoms with van der Waals surface area (Å²) in [5, 5.41) is 0. The van der Waals surface area contributed by atoms with Gasteiger partial charge in [0.15, 0.2) is 23.0 Å². The molecule has 0 bridgehead atoms. The van der Waals surface area contributed by atoms with Crippen LogP contribution in [0.15, 0.2) is 135 Å². The van der Waals surface area contributed by atoms with E-state index in [2.05, 4.69) is 26.3 Å². The van der Waals surface area contributed by atoms with Crippen molar-refractivity contribution in [3.05, 3.63) is 135 Å². The standard InChI is InChI=1S/C36H34O12/c1-23(2)33(37)45-17-13-41-29-11-9-27(21-31(29)43-15-19-47-35(39)25(5)6)28-10-12-30(42-14-18-46-34(38)24(3)4)32(22-28)44-16-20-48-36(40)26(7)8/h9-22H,1,3,5,7H2,2,4,6,8H3. The zero-order chi connectivity index (χ0) is 35.6. The number of hydrogen-bond acceptors (Lipinski definition) is 12. The van der Waals surface area contributed by atoms with E-state index in [4.69, 9.17) is 37.9 Å². The van der Waals surface area contributed by atoms with Gasteiger partial charge in [0, 0.05) is 22.3 Å². The van der Waals surface area contributed by atoms with Crippen LogP contribution in [0.25, 0.3) is 11.1 Å². The van der Waals surface area contributed by atoms with Gasteiger partial charge >= 0.3 is 23.9 Å². The lowest BCUT2D eigenvalue weighted by Gasteiger charge is -2.13. The molecule has 0 heterocycles. The van der Waals surface area contributed by atoms with Crippen molar-refractivity contribution in [1.82, 2.24) is 0 Å². The molecule has 0 aromatic heterocycles. The predicted molar refractivity (Wildman–Crippen MR) is 175 cm³/mol. The smallest absolute Gasteiger partial charge is 0.338 e. The maximum atomic E-state index is 11.7. The molecular formula is C36H34O12. The highest BCUT2D eigenvalue weighted by Gasteiger charge is 2.12. The number of carbonyl (C=O) groups is 4. The summed E-state index contributed by atoms with van der Waals surface area (Å²) in [4.78, 5) is 46.7. The zero-order valence-electron chi connectivity index (χ0n) is 26.8. The van der Waals surface area contributed by atoms with Crippen LogP contribution < -0.4 is 18.9 Å². The van der Waals surface area contributed by atoms with E-state index in [1.807, 2.05) is 0 Å². The van der Waals surface area contributed by atoms with E-state index in [1.165, 1.54) is 27.7 Å². The number of hydrogen-bond donors (Lipinski definition) is 0. The second kappa shape index (κ2) is 19.1. The second-order valence-corrected chi connectivity index (χ2v) is 9.63. The third kappa shape index (κ3) is 12.8. The van der Waals surface area contributed by atoms with Crippen LogP contribution in [0, 0.1) is 0 Å². The molecule has 250 valence electrons. The van der Waals surface area contributed by atoms with Crippen molar-refractivity contribution in [2.75, 3.05) is 0 Å². The quantitative estimate of drug-likeness (QED) is 0.0732. The van der Waals surface area contributed by atoms with Crippen molar-refractivity contribution in [2.45, 2.75) is 27.7 Å². The Morgan fingerprint density at radius 2 is 0.667 bits per heavy atom. The van der Waals surface area contributed by atoms with Crippen LogP contribution in [-0.2, 0) is 38.1 Å². The Kier molecular flexibility index (Phi) is 14.9. The topological polar surface area (TPSA) is 142 Å². The normalized spacial score (nSPS) is 10.8. The molecule has 0 atom stereocenters. The van der Waals surface area contributed by atoms with Gasteiger partial charge in [0.25, 0.3) is 0 Å². The first kappa shape index (κ1) is 37.6. The predicted octanol–water partition coefficient (Wildman–Crippen LogP) is 7.23. The lowest BCUT2D eigenvalue weighted by Crippen LogP contribution is -2.00. The van der Waals surface area contributed by atoms with Crippen LogP contribution in [0.1, 0.15) is 27.7 Å². The van der Waals surface area contributed by atoms with Gasteiger partial charge in [-0.3, -0.25) is 0 Å². The fourth-order valence-electron chi connectivity index (χ4n) is 2.92. The molecule has 48 heavy (non-hydrogen) atoms. The second-order valence-electron chi connectivity index (χ2n) is 9.63. The van der Waals surface area contributed by atoms with E-state index in [0.717, 1.165) is 50.1 Å². The Morgan fingerprint density at radius 3 is 0.917 bits per heavy atom. The van der Waals surface area contributed by atoms with Crippen molar-refractivity contribution in [3.8, 4) is 34.1 Å². The molecule has 0 unspecified atom stereocenters. The van der Waals surface area contributed by atoms with Crippen LogP contribution in [0.3, 0.4) is 0 Å². The molecule has 0 radical (unpaired) electrons. The Morgan fingerprint density at radius 1 is 0.417 bits per heavy atom. The van der Waals surface area contributed by atoms with Crippen LogP contribution in [0.5, 0.6) is 23.0 Å². The molecule has 0 N–H and O–H groups in total. The molecule has 0 aliphatic heterocycles. The number of esters is 4. The summed E-state index contributed by atoms with van der Waals surface area (Å²) in [6.45, 7) is 20.0. The molecule has 12 nitrogen and oxygen atoms in total. The first-order valence-corrected chi connectivity index (χ1v) is 13.8. The molecule has 0 saturated heterocycles. The lowest BCUT2D eigenvalue weighted by atomic mass is 10.0. The number of rotatable bonds is 17. The molecule has 0 aliphatic rings. The molecular weight excluding hydrogens is 624 g/mol. The van der Waals surface area contributed by atoms with Gasteiger partial charge in [-0.05, 0) is 63.1 Å². The van der Waals surface area contributed by atoms with Gasteiger partial charge in [-0.1, -0.05) is 38.4 Å². The first-order valence-electron chi connectivity index (χ1n) is 13.8. The van der Waals surface area contributed by atoms with Gasteiger partial charge in [-0.2, -0.15) is 0 Å². The van der Waals surface area contributed by atoms with Crippen molar-refractivity contribution in [1.29, 1.82) is 0 Å². The molecule has 0 fully saturated rings. The lowest BCUT2D eigenvalue weighted by molar-refractivity contribution is -0.134. The molecule has 12 heteroatoms. The molecule has 0 aliphatic carbocycles. The van der Waals surface area contributed by atoms with Gasteiger partial charge in [0.05, 0.1) is 0 Å². The van der Waals surface area contributed by atoms with E-state index in [9.17, 15) is 19.2 Å². The fourth-order valence-corrected chi connectivity index (χ4v) is 2.92. The summed E-state index contributed by atoms with van der Waals surface area (Å²) in [6.07, 6.45) is 8.63. The summed E-state index contributed by atoms with van der Waals surface area (Å²) in [6, 6.07) is 9.75. The Bertz CT molecular complexity index is 1580. The van der Waals surface area contributed by atoms with Gasteiger partial charge in [0.1, 0.15) is 50.1 Å². The average Bonchev–Trinajstić information content (AvgIpc) is 3.05. The molecule has 0 amide bonds. The van der Waals surface area contributed by atoms with Crippen molar-refractivity contribution >= 4 is 23.9 Å². The molecule has 2 aromatic rings. The number of benzene rings is 2. The minimum absolute atomic E-state index is 0.169. The van der Waals surface area contributed by atoms with E-state index < -0.39 is 23.9 Å². The molecule has 2 aromatic carbocycles. The van der Waals surface area contributed by atoms with Crippen LogP contribution in [0.2, 0.25) is 0 Å². The minimum atomic E-state index is -0.649. The molecule has 2 rings (SSSR count). The third-order valence-corrected chi connectivity index (χ3v) is 5.32. The molecule has 0 saturated carbocycles. The highest BCUT2D eigenvalue weighted by Crippen LogP contribution is 2.37. The largest absolute Gasteiger partial charge is 0.458 e.